The second kappa shape index (κ2) is 12.8. The number of carbonyl (C=O) groups excluding carboxylic acids is 1. The Kier molecular flexibility index (Phi) is 8.71. The second-order valence-electron chi connectivity index (χ2n) is 9.43. The molecule has 2 amide bonds. The molecule has 1 aliphatic rings. The lowest BCUT2D eigenvalue weighted by Crippen LogP contribution is -2.37. The number of halogens is 3. The van der Waals surface area contributed by atoms with Crippen molar-refractivity contribution in [2.45, 2.75) is 6.42 Å². The Bertz CT molecular complexity index is 1660. The maximum Gasteiger partial charge on any atom is 0.324 e. The first-order valence-electron chi connectivity index (χ1n) is 13.1. The Morgan fingerprint density at radius 3 is 2.45 bits per heavy atom. The molecule has 2 N–H and O–H groups in total. The number of fused-ring (bicyclic) bond motifs is 1. The molecular weight excluding hydrogens is 551 g/mol. The fourth-order valence-corrected chi connectivity index (χ4v) is 4.63. The summed E-state index contributed by atoms with van der Waals surface area (Å²) >= 11 is 0. The number of hydrogen-bond donors (Lipinski definition) is 1. The molecule has 1 fully saturated rings. The highest BCUT2D eigenvalue weighted by molar-refractivity contribution is 5.98. The predicted octanol–water partition coefficient (Wildman–Crippen LogP) is 5.63. The average molecular weight is 578 g/mol. The molecule has 12 heteroatoms. The van der Waals surface area contributed by atoms with Gasteiger partial charge in [0, 0.05) is 49.4 Å². The van der Waals surface area contributed by atoms with Crippen LogP contribution >= 0.6 is 0 Å². The van der Waals surface area contributed by atoms with Crippen LogP contribution in [0.25, 0.3) is 10.9 Å². The van der Waals surface area contributed by atoms with Gasteiger partial charge in [-0.3, -0.25) is 14.8 Å². The number of benzene rings is 3. The maximum absolute atomic E-state index is 15.2. The lowest BCUT2D eigenvalue weighted by atomic mass is 10.1. The van der Waals surface area contributed by atoms with E-state index in [-0.39, 0.29) is 17.0 Å². The standard InChI is InChI=1S/C30H26F3N5O4/c31-20-2-4-26(23(32)15-20)38(30(35)39)27-5-3-21(16-24(27)33)42-28-6-7-36-25-17-29(19(18-34)14-22(25)28)41-11-1-8-37-9-12-40-13-10-37/h2-7,14-17H,1,8-13H2,(H2,35,39). The van der Waals surface area contributed by atoms with Crippen LogP contribution in [-0.4, -0.2) is 55.4 Å². The Hall–Kier alpha value is -4.86. The first kappa shape index (κ1) is 28.7. The van der Waals surface area contributed by atoms with Crippen LogP contribution in [0.15, 0.2) is 60.8 Å². The van der Waals surface area contributed by atoms with Crippen molar-refractivity contribution in [2.24, 2.45) is 5.73 Å². The molecule has 216 valence electrons. The largest absolute Gasteiger partial charge is 0.492 e. The van der Waals surface area contributed by atoms with Gasteiger partial charge in [-0.15, -0.1) is 0 Å². The molecule has 2 heterocycles. The topological polar surface area (TPSA) is 114 Å². The number of urea groups is 1. The molecule has 3 aromatic carbocycles. The van der Waals surface area contributed by atoms with Gasteiger partial charge in [-0.2, -0.15) is 5.26 Å². The van der Waals surface area contributed by atoms with Crippen molar-refractivity contribution >= 4 is 28.3 Å². The number of hydrogen-bond acceptors (Lipinski definition) is 7. The van der Waals surface area contributed by atoms with Crippen molar-refractivity contribution in [2.75, 3.05) is 44.4 Å². The molecule has 0 unspecified atom stereocenters. The molecule has 0 saturated carbocycles. The van der Waals surface area contributed by atoms with Crippen LogP contribution in [0.1, 0.15) is 12.0 Å². The highest BCUT2D eigenvalue weighted by Gasteiger charge is 2.23. The first-order chi connectivity index (χ1) is 20.3. The van der Waals surface area contributed by atoms with Gasteiger partial charge in [-0.05, 0) is 42.8 Å². The number of aromatic nitrogens is 1. The van der Waals surface area contributed by atoms with E-state index < -0.39 is 29.2 Å². The molecular formula is C30H26F3N5O4. The molecule has 4 aromatic rings. The van der Waals surface area contributed by atoms with Gasteiger partial charge in [-0.1, -0.05) is 0 Å². The molecule has 5 rings (SSSR count). The fourth-order valence-electron chi connectivity index (χ4n) is 4.63. The van der Waals surface area contributed by atoms with Gasteiger partial charge >= 0.3 is 6.03 Å². The lowest BCUT2D eigenvalue weighted by molar-refractivity contribution is 0.0358. The van der Waals surface area contributed by atoms with Crippen LogP contribution < -0.4 is 20.1 Å². The molecule has 1 aromatic heterocycles. The highest BCUT2D eigenvalue weighted by Crippen LogP contribution is 2.36. The Morgan fingerprint density at radius 2 is 1.76 bits per heavy atom. The minimum absolute atomic E-state index is 0.0506. The van der Waals surface area contributed by atoms with Crippen molar-refractivity contribution in [3.63, 3.8) is 0 Å². The molecule has 0 spiro atoms. The summed E-state index contributed by atoms with van der Waals surface area (Å²) in [6.07, 6.45) is 2.28. The van der Waals surface area contributed by atoms with Gasteiger partial charge < -0.3 is 19.9 Å². The molecule has 0 radical (unpaired) electrons. The molecule has 0 bridgehead atoms. The van der Waals surface area contributed by atoms with Crippen LogP contribution in [0.3, 0.4) is 0 Å². The zero-order chi connectivity index (χ0) is 29.6. The summed E-state index contributed by atoms with van der Waals surface area (Å²) in [4.78, 5) is 19.3. The zero-order valence-corrected chi connectivity index (χ0v) is 22.4. The Morgan fingerprint density at radius 1 is 1.02 bits per heavy atom. The maximum atomic E-state index is 15.2. The number of primary amides is 1. The van der Waals surface area contributed by atoms with E-state index >= 15 is 4.39 Å². The van der Waals surface area contributed by atoms with Gasteiger partial charge in [0.25, 0.3) is 0 Å². The van der Waals surface area contributed by atoms with E-state index in [1.807, 2.05) is 0 Å². The summed E-state index contributed by atoms with van der Waals surface area (Å²) in [5.41, 5.74) is 5.40. The lowest BCUT2D eigenvalue weighted by Gasteiger charge is -2.26. The number of morpholine rings is 1. The number of nitrogens with two attached hydrogens (primary N) is 1. The van der Waals surface area contributed by atoms with Crippen molar-refractivity contribution < 1.29 is 32.2 Å². The molecule has 1 saturated heterocycles. The van der Waals surface area contributed by atoms with Crippen LogP contribution in [0.4, 0.5) is 29.3 Å². The molecule has 1 aliphatic heterocycles. The summed E-state index contributed by atoms with van der Waals surface area (Å²) in [5, 5.41) is 10.3. The van der Waals surface area contributed by atoms with E-state index in [1.54, 1.807) is 18.2 Å². The van der Waals surface area contributed by atoms with Crippen LogP contribution in [0.5, 0.6) is 17.2 Å². The van der Waals surface area contributed by atoms with E-state index in [2.05, 4.69) is 16.0 Å². The Labute approximate surface area is 239 Å². The van der Waals surface area contributed by atoms with Crippen LogP contribution in [-0.2, 0) is 4.74 Å². The zero-order valence-electron chi connectivity index (χ0n) is 22.4. The minimum Gasteiger partial charge on any atom is -0.492 e. The SMILES string of the molecule is N#Cc1cc2c(Oc3ccc(N(C(N)=O)c4ccc(F)cc4F)c(F)c3)ccnc2cc1OCCCN1CCOCC1. The van der Waals surface area contributed by atoms with E-state index in [1.165, 1.54) is 18.3 Å². The Balaban J connectivity index is 1.35. The van der Waals surface area contributed by atoms with Crippen LogP contribution in [0.2, 0.25) is 0 Å². The summed E-state index contributed by atoms with van der Waals surface area (Å²) in [7, 11) is 0. The van der Waals surface area contributed by atoms with Gasteiger partial charge in [0.15, 0.2) is 5.82 Å². The normalized spacial score (nSPS) is 13.5. The van der Waals surface area contributed by atoms with E-state index in [0.29, 0.717) is 40.0 Å². The first-order valence-corrected chi connectivity index (χ1v) is 13.1. The summed E-state index contributed by atoms with van der Waals surface area (Å²) in [6, 6.07) is 11.8. The number of ether oxygens (including phenoxy) is 3. The minimum atomic E-state index is -1.17. The molecule has 9 nitrogen and oxygen atoms in total. The number of pyridine rings is 1. The van der Waals surface area contributed by atoms with Crippen molar-refractivity contribution in [1.82, 2.24) is 9.88 Å². The average Bonchev–Trinajstić information content (AvgIpc) is 2.97. The third-order valence-corrected chi connectivity index (χ3v) is 6.66. The van der Waals surface area contributed by atoms with Crippen LogP contribution in [0, 0.1) is 28.8 Å². The summed E-state index contributed by atoms with van der Waals surface area (Å²) in [6.45, 7) is 4.49. The predicted molar refractivity (Wildman–Crippen MR) is 148 cm³/mol. The van der Waals surface area contributed by atoms with Gasteiger partial charge in [0.1, 0.15) is 35.0 Å². The molecule has 42 heavy (non-hydrogen) atoms. The monoisotopic (exact) mass is 577 g/mol. The van der Waals surface area contributed by atoms with Crippen molar-refractivity contribution in [3.05, 3.63) is 83.8 Å². The molecule has 0 aliphatic carbocycles. The number of nitrogens with zero attached hydrogens (tertiary/aromatic N) is 4. The third kappa shape index (κ3) is 6.38. The number of carbonyl (C=O) groups is 1. The summed E-state index contributed by atoms with van der Waals surface area (Å²) < 4.78 is 60.1. The van der Waals surface area contributed by atoms with E-state index in [9.17, 15) is 18.8 Å². The second-order valence-corrected chi connectivity index (χ2v) is 9.43. The van der Waals surface area contributed by atoms with Gasteiger partial charge in [0.05, 0.1) is 42.3 Å². The number of anilines is 2. The number of rotatable bonds is 9. The van der Waals surface area contributed by atoms with Gasteiger partial charge in [-0.25, -0.2) is 18.0 Å². The number of amides is 2. The van der Waals surface area contributed by atoms with Crippen molar-refractivity contribution in [3.8, 4) is 23.3 Å². The van der Waals surface area contributed by atoms with E-state index in [0.717, 1.165) is 57.5 Å². The van der Waals surface area contributed by atoms with E-state index in [4.69, 9.17) is 19.9 Å². The number of nitriles is 1. The third-order valence-electron chi connectivity index (χ3n) is 6.66. The molecule has 0 atom stereocenters. The van der Waals surface area contributed by atoms with Gasteiger partial charge in [0.2, 0.25) is 0 Å². The highest BCUT2D eigenvalue weighted by atomic mass is 19.1. The fraction of sp³-hybridized carbons (Fsp3) is 0.233. The quantitative estimate of drug-likeness (QED) is 0.256. The van der Waals surface area contributed by atoms with Crippen molar-refractivity contribution in [1.29, 1.82) is 5.26 Å². The summed E-state index contributed by atoms with van der Waals surface area (Å²) in [5.74, 6) is -2.17. The smallest absolute Gasteiger partial charge is 0.324 e.